The van der Waals surface area contributed by atoms with Crippen LogP contribution in [-0.2, 0) is 12.7 Å². The van der Waals surface area contributed by atoms with Crippen LogP contribution in [0.15, 0.2) is 54.2 Å². The molecule has 142 valence electrons. The number of hydrogen-bond acceptors (Lipinski definition) is 5. The first-order chi connectivity index (χ1) is 13.4. The Labute approximate surface area is 160 Å². The molecular formula is C18H12F3N5OS. The minimum absolute atomic E-state index is 0.0512. The van der Waals surface area contributed by atoms with Crippen molar-refractivity contribution in [2.75, 3.05) is 0 Å². The largest absolute Gasteiger partial charge is 0.433 e. The van der Waals surface area contributed by atoms with Gasteiger partial charge in [0.15, 0.2) is 17.0 Å². The van der Waals surface area contributed by atoms with Crippen molar-refractivity contribution in [2.45, 2.75) is 12.7 Å². The Bertz CT molecular complexity index is 1120. The van der Waals surface area contributed by atoms with Gasteiger partial charge < -0.3 is 5.32 Å². The van der Waals surface area contributed by atoms with E-state index in [1.807, 2.05) is 0 Å². The Morgan fingerprint density at radius 3 is 2.75 bits per heavy atom. The Balaban J connectivity index is 1.70. The number of nitrogens with zero attached hydrogens (tertiary/aromatic N) is 4. The Morgan fingerprint density at radius 2 is 2.07 bits per heavy atom. The van der Waals surface area contributed by atoms with E-state index in [4.69, 9.17) is 0 Å². The third-order valence-electron chi connectivity index (χ3n) is 3.90. The number of halogens is 3. The van der Waals surface area contributed by atoms with E-state index in [-0.39, 0.29) is 23.6 Å². The van der Waals surface area contributed by atoms with Crippen LogP contribution in [0, 0.1) is 0 Å². The first-order valence-electron chi connectivity index (χ1n) is 8.11. The third-order valence-corrected chi connectivity index (χ3v) is 4.79. The maximum atomic E-state index is 13.5. The summed E-state index contributed by atoms with van der Waals surface area (Å²) >= 11 is 1.28. The average molecular weight is 403 g/mol. The molecule has 10 heteroatoms. The van der Waals surface area contributed by atoms with Gasteiger partial charge in [-0.1, -0.05) is 12.1 Å². The minimum atomic E-state index is -4.65. The van der Waals surface area contributed by atoms with Gasteiger partial charge in [0, 0.05) is 25.0 Å². The summed E-state index contributed by atoms with van der Waals surface area (Å²) in [5.74, 6) is -0.597. The molecule has 6 nitrogen and oxygen atoms in total. The van der Waals surface area contributed by atoms with E-state index in [0.29, 0.717) is 9.39 Å². The van der Waals surface area contributed by atoms with E-state index >= 15 is 0 Å². The fourth-order valence-electron chi connectivity index (χ4n) is 2.61. The Hall–Kier alpha value is -3.27. The van der Waals surface area contributed by atoms with Crippen molar-refractivity contribution in [1.29, 1.82) is 0 Å². The summed E-state index contributed by atoms with van der Waals surface area (Å²) < 4.78 is 41.2. The van der Waals surface area contributed by atoms with Gasteiger partial charge in [-0.3, -0.25) is 9.78 Å². The molecule has 0 atom stereocenters. The van der Waals surface area contributed by atoms with Gasteiger partial charge in [0.1, 0.15) is 0 Å². The summed E-state index contributed by atoms with van der Waals surface area (Å²) in [4.78, 5) is 21.1. The highest BCUT2D eigenvalue weighted by Crippen LogP contribution is 2.33. The Morgan fingerprint density at radius 1 is 1.21 bits per heavy atom. The molecular weight excluding hydrogens is 391 g/mol. The van der Waals surface area contributed by atoms with Gasteiger partial charge in [-0.25, -0.2) is 9.50 Å². The number of amides is 1. The fourth-order valence-corrected chi connectivity index (χ4v) is 3.30. The van der Waals surface area contributed by atoms with Gasteiger partial charge in [-0.2, -0.15) is 18.3 Å². The first-order valence-corrected chi connectivity index (χ1v) is 8.99. The van der Waals surface area contributed by atoms with Gasteiger partial charge in [-0.15, -0.1) is 11.3 Å². The van der Waals surface area contributed by atoms with Crippen LogP contribution < -0.4 is 5.32 Å². The maximum Gasteiger partial charge on any atom is 0.433 e. The molecule has 0 bridgehead atoms. The highest BCUT2D eigenvalue weighted by Gasteiger charge is 2.35. The Kier molecular flexibility index (Phi) is 4.55. The normalized spacial score (nSPS) is 11.7. The molecule has 0 saturated carbocycles. The lowest BCUT2D eigenvalue weighted by atomic mass is 10.2. The monoisotopic (exact) mass is 403 g/mol. The summed E-state index contributed by atoms with van der Waals surface area (Å²) in [6.07, 6.45) is -1.47. The van der Waals surface area contributed by atoms with Gasteiger partial charge in [0.05, 0.1) is 10.6 Å². The van der Waals surface area contributed by atoms with E-state index in [0.717, 1.165) is 11.6 Å². The van der Waals surface area contributed by atoms with Crippen LogP contribution in [0.5, 0.6) is 0 Å². The van der Waals surface area contributed by atoms with Crippen molar-refractivity contribution in [1.82, 2.24) is 24.9 Å². The number of carbonyl (C=O) groups is 1. The first kappa shape index (κ1) is 18.1. The summed E-state index contributed by atoms with van der Waals surface area (Å²) in [6, 6.07) is 9.08. The number of aromatic nitrogens is 4. The molecule has 4 aromatic rings. The zero-order valence-corrected chi connectivity index (χ0v) is 15.0. The molecule has 0 spiro atoms. The molecule has 4 heterocycles. The van der Waals surface area contributed by atoms with Gasteiger partial charge in [-0.05, 0) is 29.1 Å². The highest BCUT2D eigenvalue weighted by atomic mass is 32.1. The van der Waals surface area contributed by atoms with Crippen LogP contribution in [-0.4, -0.2) is 25.5 Å². The number of alkyl halides is 3. The molecule has 0 unspecified atom stereocenters. The zero-order chi connectivity index (χ0) is 19.7. The molecule has 0 aliphatic heterocycles. The van der Waals surface area contributed by atoms with Crippen molar-refractivity contribution in [3.8, 4) is 10.6 Å². The van der Waals surface area contributed by atoms with E-state index in [2.05, 4.69) is 20.4 Å². The lowest BCUT2D eigenvalue weighted by Gasteiger charge is -2.10. The second-order valence-corrected chi connectivity index (χ2v) is 6.79. The molecule has 0 fully saturated rings. The number of carbonyl (C=O) groups excluding carboxylic acids is 1. The SMILES string of the molecule is O=C(NCc1cccnc1)c1cc2nc(-c3cccs3)cc(C(F)(F)F)n2n1. The zero-order valence-electron chi connectivity index (χ0n) is 14.1. The molecule has 0 aromatic carbocycles. The lowest BCUT2D eigenvalue weighted by Crippen LogP contribution is -2.23. The molecule has 0 saturated heterocycles. The predicted molar refractivity (Wildman–Crippen MR) is 96.7 cm³/mol. The summed E-state index contributed by atoms with van der Waals surface area (Å²) in [6.45, 7) is 0.181. The lowest BCUT2D eigenvalue weighted by molar-refractivity contribution is -0.142. The smallest absolute Gasteiger partial charge is 0.347 e. The van der Waals surface area contributed by atoms with Gasteiger partial charge >= 0.3 is 6.18 Å². The van der Waals surface area contributed by atoms with E-state index in [9.17, 15) is 18.0 Å². The standard InChI is InChI=1S/C18H12F3N5OS/c19-18(20,21)15-7-12(14-4-2-6-28-14)24-16-8-13(25-26(15)16)17(27)23-10-11-3-1-5-22-9-11/h1-9H,10H2,(H,23,27). The van der Waals surface area contributed by atoms with Crippen molar-refractivity contribution in [3.63, 3.8) is 0 Å². The van der Waals surface area contributed by atoms with Crippen molar-refractivity contribution < 1.29 is 18.0 Å². The average Bonchev–Trinajstić information content (AvgIpc) is 3.34. The quantitative estimate of drug-likeness (QED) is 0.563. The van der Waals surface area contributed by atoms with Gasteiger partial charge in [0.2, 0.25) is 0 Å². The third kappa shape index (κ3) is 3.58. The van der Waals surface area contributed by atoms with Crippen LogP contribution >= 0.6 is 11.3 Å². The predicted octanol–water partition coefficient (Wildman–Crippen LogP) is 3.80. The summed E-state index contributed by atoms with van der Waals surface area (Å²) in [5.41, 5.74) is -0.257. The number of thiophene rings is 1. The maximum absolute atomic E-state index is 13.5. The van der Waals surface area contributed by atoms with E-state index < -0.39 is 17.8 Å². The molecule has 1 amide bonds. The number of pyridine rings is 1. The fraction of sp³-hybridized carbons (Fsp3) is 0.111. The number of nitrogens with one attached hydrogen (secondary N) is 1. The number of hydrogen-bond donors (Lipinski definition) is 1. The van der Waals surface area contributed by atoms with Crippen LogP contribution in [0.2, 0.25) is 0 Å². The van der Waals surface area contributed by atoms with E-state index in [1.54, 1.807) is 42.0 Å². The minimum Gasteiger partial charge on any atom is -0.347 e. The van der Waals surface area contributed by atoms with Crippen molar-refractivity contribution in [3.05, 3.63) is 71.1 Å². The van der Waals surface area contributed by atoms with E-state index in [1.165, 1.54) is 17.4 Å². The van der Waals surface area contributed by atoms with Crippen LogP contribution in [0.3, 0.4) is 0 Å². The van der Waals surface area contributed by atoms with Crippen molar-refractivity contribution in [2.24, 2.45) is 0 Å². The molecule has 4 rings (SSSR count). The molecule has 0 aliphatic carbocycles. The summed E-state index contributed by atoms with van der Waals surface area (Å²) in [5, 5.41) is 8.19. The number of rotatable bonds is 4. The highest BCUT2D eigenvalue weighted by molar-refractivity contribution is 7.13. The topological polar surface area (TPSA) is 72.2 Å². The second-order valence-electron chi connectivity index (χ2n) is 5.85. The summed E-state index contributed by atoms with van der Waals surface area (Å²) in [7, 11) is 0. The second kappa shape index (κ2) is 7.04. The van der Waals surface area contributed by atoms with Crippen LogP contribution in [0.1, 0.15) is 21.7 Å². The van der Waals surface area contributed by atoms with Crippen LogP contribution in [0.4, 0.5) is 13.2 Å². The molecule has 0 radical (unpaired) electrons. The number of fused-ring (bicyclic) bond motifs is 1. The van der Waals surface area contributed by atoms with Crippen LogP contribution in [0.25, 0.3) is 16.2 Å². The van der Waals surface area contributed by atoms with Crippen molar-refractivity contribution >= 4 is 22.9 Å². The molecule has 1 N–H and O–H groups in total. The molecule has 4 aromatic heterocycles. The van der Waals surface area contributed by atoms with Gasteiger partial charge in [0.25, 0.3) is 5.91 Å². The molecule has 28 heavy (non-hydrogen) atoms. The molecule has 0 aliphatic rings.